The monoisotopic (exact) mass is 211 g/mol. The summed E-state index contributed by atoms with van der Waals surface area (Å²) in [7, 11) is 0. The average Bonchev–Trinajstić information content (AvgIpc) is 2.54. The van der Waals surface area contributed by atoms with Crippen molar-refractivity contribution >= 4 is 0 Å². The molecule has 3 N–H and O–H groups in total. The highest BCUT2D eigenvalue weighted by Crippen LogP contribution is 2.08. The number of aliphatic hydroxyl groups excluding tert-OH is 1. The number of aryl methyl sites for hydroxylation is 2. The zero-order valence-corrected chi connectivity index (χ0v) is 9.64. The molecule has 0 aliphatic rings. The summed E-state index contributed by atoms with van der Waals surface area (Å²) in [5.41, 5.74) is 3.50. The van der Waals surface area contributed by atoms with E-state index in [0.717, 1.165) is 43.7 Å². The Hall–Kier alpha value is -0.870. The van der Waals surface area contributed by atoms with E-state index in [4.69, 9.17) is 5.11 Å². The number of unbranched alkanes of at least 4 members (excludes halogenated alkanes) is 2. The van der Waals surface area contributed by atoms with Crippen LogP contribution in [0.5, 0.6) is 0 Å². The first-order valence-corrected chi connectivity index (χ1v) is 5.57. The second kappa shape index (κ2) is 6.58. The van der Waals surface area contributed by atoms with Crippen molar-refractivity contribution < 1.29 is 5.11 Å². The molecule has 0 radical (unpaired) electrons. The van der Waals surface area contributed by atoms with Crippen LogP contribution in [0.15, 0.2) is 0 Å². The van der Waals surface area contributed by atoms with E-state index >= 15 is 0 Å². The first-order valence-electron chi connectivity index (χ1n) is 5.57. The van der Waals surface area contributed by atoms with Crippen LogP contribution in [-0.2, 0) is 6.54 Å². The van der Waals surface area contributed by atoms with E-state index in [1.54, 1.807) is 0 Å². The summed E-state index contributed by atoms with van der Waals surface area (Å²) in [5, 5.41) is 19.1. The van der Waals surface area contributed by atoms with Gasteiger partial charge in [-0.05, 0) is 39.7 Å². The standard InChI is InChI=1S/C11H21N3O/c1-9-11(10(2)14-13-9)8-12-6-4-3-5-7-15/h12,15H,3-8H2,1-2H3,(H,13,14). The van der Waals surface area contributed by atoms with Gasteiger partial charge in [-0.1, -0.05) is 0 Å². The van der Waals surface area contributed by atoms with Crippen molar-refractivity contribution in [1.29, 1.82) is 0 Å². The van der Waals surface area contributed by atoms with Crippen LogP contribution in [0.1, 0.15) is 36.2 Å². The number of nitrogens with one attached hydrogen (secondary N) is 2. The highest BCUT2D eigenvalue weighted by atomic mass is 16.2. The van der Waals surface area contributed by atoms with E-state index in [2.05, 4.69) is 15.5 Å². The lowest BCUT2D eigenvalue weighted by Crippen LogP contribution is -2.15. The van der Waals surface area contributed by atoms with Crippen LogP contribution in [0, 0.1) is 13.8 Å². The molecule has 0 atom stereocenters. The molecule has 0 bridgehead atoms. The quantitative estimate of drug-likeness (QED) is 0.595. The number of aliphatic hydroxyl groups is 1. The van der Waals surface area contributed by atoms with E-state index in [-0.39, 0.29) is 0 Å². The van der Waals surface area contributed by atoms with E-state index < -0.39 is 0 Å². The summed E-state index contributed by atoms with van der Waals surface area (Å²) in [6.07, 6.45) is 3.12. The topological polar surface area (TPSA) is 60.9 Å². The van der Waals surface area contributed by atoms with Gasteiger partial charge < -0.3 is 10.4 Å². The predicted molar refractivity (Wildman–Crippen MR) is 60.7 cm³/mol. The lowest BCUT2D eigenvalue weighted by atomic mass is 10.2. The van der Waals surface area contributed by atoms with Gasteiger partial charge >= 0.3 is 0 Å². The molecule has 0 aliphatic heterocycles. The third kappa shape index (κ3) is 4.01. The van der Waals surface area contributed by atoms with Crippen molar-refractivity contribution in [3.63, 3.8) is 0 Å². The Morgan fingerprint density at radius 2 is 2.07 bits per heavy atom. The second-order valence-corrected chi connectivity index (χ2v) is 3.87. The lowest BCUT2D eigenvalue weighted by molar-refractivity contribution is 0.283. The van der Waals surface area contributed by atoms with Crippen LogP contribution in [0.2, 0.25) is 0 Å². The zero-order valence-electron chi connectivity index (χ0n) is 9.64. The Labute approximate surface area is 91.1 Å². The Kier molecular flexibility index (Phi) is 5.36. The largest absolute Gasteiger partial charge is 0.396 e. The van der Waals surface area contributed by atoms with E-state index in [1.165, 1.54) is 5.56 Å². The Balaban J connectivity index is 2.15. The molecule has 1 aromatic heterocycles. The van der Waals surface area contributed by atoms with Gasteiger partial charge in [-0.2, -0.15) is 5.10 Å². The summed E-state index contributed by atoms with van der Waals surface area (Å²) in [5.74, 6) is 0. The molecule has 4 heteroatoms. The molecule has 0 saturated carbocycles. The average molecular weight is 211 g/mol. The molecule has 0 aliphatic carbocycles. The minimum absolute atomic E-state index is 0.306. The fraction of sp³-hybridized carbons (Fsp3) is 0.727. The SMILES string of the molecule is Cc1n[nH]c(C)c1CNCCCCCO. The van der Waals surface area contributed by atoms with Crippen LogP contribution in [0.4, 0.5) is 0 Å². The van der Waals surface area contributed by atoms with Crippen LogP contribution >= 0.6 is 0 Å². The molecule has 86 valence electrons. The van der Waals surface area contributed by atoms with Crippen LogP contribution in [0.3, 0.4) is 0 Å². The molecule has 1 rings (SSSR count). The summed E-state index contributed by atoms with van der Waals surface area (Å²) in [6, 6.07) is 0. The number of aromatic nitrogens is 2. The van der Waals surface area contributed by atoms with E-state index in [0.29, 0.717) is 6.61 Å². The zero-order chi connectivity index (χ0) is 11.1. The minimum atomic E-state index is 0.306. The number of H-pyrrole nitrogens is 1. The summed E-state index contributed by atoms with van der Waals surface area (Å²) >= 11 is 0. The lowest BCUT2D eigenvalue weighted by Gasteiger charge is -2.04. The summed E-state index contributed by atoms with van der Waals surface area (Å²) < 4.78 is 0. The van der Waals surface area contributed by atoms with Gasteiger partial charge in [0.05, 0.1) is 5.69 Å². The molecule has 15 heavy (non-hydrogen) atoms. The normalized spacial score (nSPS) is 10.9. The molecule has 4 nitrogen and oxygen atoms in total. The maximum absolute atomic E-state index is 8.61. The molecule has 1 aromatic rings. The van der Waals surface area contributed by atoms with Crippen LogP contribution in [0.25, 0.3) is 0 Å². The maximum atomic E-state index is 8.61. The number of aromatic amines is 1. The molecule has 0 aromatic carbocycles. The number of nitrogens with zero attached hydrogens (tertiary/aromatic N) is 1. The summed E-state index contributed by atoms with van der Waals surface area (Å²) in [4.78, 5) is 0. The Bertz CT molecular complexity index is 264. The van der Waals surface area contributed by atoms with Crippen LogP contribution in [-0.4, -0.2) is 28.5 Å². The van der Waals surface area contributed by atoms with Crippen molar-refractivity contribution in [1.82, 2.24) is 15.5 Å². The Morgan fingerprint density at radius 3 is 2.67 bits per heavy atom. The molecule has 0 spiro atoms. The molecule has 1 heterocycles. The van der Waals surface area contributed by atoms with Gasteiger partial charge in [0.2, 0.25) is 0 Å². The molecule has 0 fully saturated rings. The first-order chi connectivity index (χ1) is 7.25. The van der Waals surface area contributed by atoms with E-state index in [1.807, 2.05) is 13.8 Å². The highest BCUT2D eigenvalue weighted by Gasteiger charge is 2.04. The smallest absolute Gasteiger partial charge is 0.0638 e. The molecular weight excluding hydrogens is 190 g/mol. The van der Waals surface area contributed by atoms with Crippen LogP contribution < -0.4 is 5.32 Å². The van der Waals surface area contributed by atoms with Gasteiger partial charge in [-0.25, -0.2) is 0 Å². The van der Waals surface area contributed by atoms with Gasteiger partial charge in [0.15, 0.2) is 0 Å². The maximum Gasteiger partial charge on any atom is 0.0638 e. The van der Waals surface area contributed by atoms with Gasteiger partial charge in [-0.15, -0.1) is 0 Å². The predicted octanol–water partition coefficient (Wildman–Crippen LogP) is 1.28. The van der Waals surface area contributed by atoms with Crippen molar-refractivity contribution in [3.05, 3.63) is 17.0 Å². The van der Waals surface area contributed by atoms with E-state index in [9.17, 15) is 0 Å². The molecule has 0 amide bonds. The van der Waals surface area contributed by atoms with Gasteiger partial charge in [0, 0.05) is 24.4 Å². The van der Waals surface area contributed by atoms with Gasteiger partial charge in [0.25, 0.3) is 0 Å². The van der Waals surface area contributed by atoms with Gasteiger partial charge in [-0.3, -0.25) is 5.10 Å². The van der Waals surface area contributed by atoms with Crippen molar-refractivity contribution in [2.45, 2.75) is 39.7 Å². The number of hydrogen-bond donors (Lipinski definition) is 3. The fourth-order valence-electron chi connectivity index (χ4n) is 1.59. The molecule has 0 unspecified atom stereocenters. The number of rotatable bonds is 7. The third-order valence-electron chi connectivity index (χ3n) is 2.59. The molecular formula is C11H21N3O. The van der Waals surface area contributed by atoms with Gasteiger partial charge in [0.1, 0.15) is 0 Å². The second-order valence-electron chi connectivity index (χ2n) is 3.87. The van der Waals surface area contributed by atoms with Crippen molar-refractivity contribution in [2.24, 2.45) is 0 Å². The molecule has 0 saturated heterocycles. The first kappa shape index (κ1) is 12.2. The van der Waals surface area contributed by atoms with Crippen molar-refractivity contribution in [2.75, 3.05) is 13.2 Å². The third-order valence-corrected chi connectivity index (χ3v) is 2.59. The fourth-order valence-corrected chi connectivity index (χ4v) is 1.59. The summed E-state index contributed by atoms with van der Waals surface area (Å²) in [6.45, 7) is 6.26. The highest BCUT2D eigenvalue weighted by molar-refractivity contribution is 5.22. The minimum Gasteiger partial charge on any atom is -0.396 e. The van der Waals surface area contributed by atoms with Crippen molar-refractivity contribution in [3.8, 4) is 0 Å². The Morgan fingerprint density at radius 1 is 1.27 bits per heavy atom. The number of hydrogen-bond acceptors (Lipinski definition) is 3.